The molecule has 1 aromatic heterocycles. The van der Waals surface area contributed by atoms with E-state index in [9.17, 15) is 0 Å². The van der Waals surface area contributed by atoms with Crippen LogP contribution >= 0.6 is 0 Å². The largest absolute Gasteiger partial charge is 0.496 e. The lowest BCUT2D eigenvalue weighted by Gasteiger charge is -2.10. The van der Waals surface area contributed by atoms with Crippen LogP contribution < -0.4 is 10.1 Å². The first kappa shape index (κ1) is 12.8. The molecule has 2 aromatic rings. The highest BCUT2D eigenvalue weighted by molar-refractivity contribution is 5.71. The van der Waals surface area contributed by atoms with Gasteiger partial charge >= 0.3 is 0 Å². The lowest BCUT2D eigenvalue weighted by molar-refractivity contribution is 0.416. The van der Waals surface area contributed by atoms with Crippen molar-refractivity contribution in [2.45, 2.75) is 6.92 Å². The highest BCUT2D eigenvalue weighted by atomic mass is 16.5. The molecule has 5 nitrogen and oxygen atoms in total. The van der Waals surface area contributed by atoms with Crippen molar-refractivity contribution in [1.29, 1.82) is 5.26 Å². The zero-order valence-corrected chi connectivity index (χ0v) is 11.1. The van der Waals surface area contributed by atoms with Gasteiger partial charge in [-0.25, -0.2) is 9.97 Å². The van der Waals surface area contributed by atoms with Crippen molar-refractivity contribution in [1.82, 2.24) is 9.97 Å². The molecule has 0 saturated heterocycles. The fourth-order valence-corrected chi connectivity index (χ4v) is 1.81. The fraction of sp³-hybridized carbons (Fsp3) is 0.214. The van der Waals surface area contributed by atoms with E-state index in [2.05, 4.69) is 21.4 Å². The number of benzene rings is 1. The van der Waals surface area contributed by atoms with Crippen molar-refractivity contribution in [2.75, 3.05) is 19.5 Å². The van der Waals surface area contributed by atoms with Crippen LogP contribution in [0.15, 0.2) is 24.3 Å². The number of rotatable bonds is 3. The lowest BCUT2D eigenvalue weighted by Crippen LogP contribution is -1.99. The van der Waals surface area contributed by atoms with Gasteiger partial charge in [-0.3, -0.25) is 0 Å². The van der Waals surface area contributed by atoms with Crippen LogP contribution in [0.2, 0.25) is 0 Å². The minimum absolute atomic E-state index is 0.568. The van der Waals surface area contributed by atoms with Crippen LogP contribution in [-0.2, 0) is 0 Å². The van der Waals surface area contributed by atoms with Crippen molar-refractivity contribution < 1.29 is 4.74 Å². The van der Waals surface area contributed by atoms with Crippen molar-refractivity contribution >= 4 is 5.82 Å². The minimum atomic E-state index is 0.568. The predicted molar refractivity (Wildman–Crippen MR) is 73.0 cm³/mol. The highest BCUT2D eigenvalue weighted by Gasteiger charge is 2.10. The molecule has 0 bridgehead atoms. The van der Waals surface area contributed by atoms with Gasteiger partial charge in [-0.2, -0.15) is 5.26 Å². The standard InChI is InChI=1S/C14H14N4O/c1-9-17-12(7-14(16-2)18-9)11-6-10(8-15)4-5-13(11)19-3/h4-7H,1-3H3,(H,16,17,18). The number of methoxy groups -OCH3 is 1. The van der Waals surface area contributed by atoms with Crippen LogP contribution in [0.1, 0.15) is 11.4 Å². The van der Waals surface area contributed by atoms with Gasteiger partial charge in [0.05, 0.1) is 24.4 Å². The summed E-state index contributed by atoms with van der Waals surface area (Å²) in [5.41, 5.74) is 2.08. The van der Waals surface area contributed by atoms with Crippen LogP contribution in [0.4, 0.5) is 5.82 Å². The van der Waals surface area contributed by atoms with E-state index in [-0.39, 0.29) is 0 Å². The first-order chi connectivity index (χ1) is 9.17. The molecule has 1 N–H and O–H groups in total. The third-order valence-electron chi connectivity index (χ3n) is 2.70. The molecular weight excluding hydrogens is 240 g/mol. The maximum absolute atomic E-state index is 8.99. The molecule has 0 fully saturated rings. The van der Waals surface area contributed by atoms with Gasteiger partial charge in [-0.05, 0) is 25.1 Å². The zero-order valence-electron chi connectivity index (χ0n) is 11.1. The average Bonchev–Trinajstić information content (AvgIpc) is 2.45. The number of nitriles is 1. The molecular formula is C14H14N4O. The van der Waals surface area contributed by atoms with E-state index in [4.69, 9.17) is 10.00 Å². The van der Waals surface area contributed by atoms with Gasteiger partial charge < -0.3 is 10.1 Å². The van der Waals surface area contributed by atoms with Gasteiger partial charge in [0.25, 0.3) is 0 Å². The summed E-state index contributed by atoms with van der Waals surface area (Å²) < 4.78 is 5.32. The normalized spacial score (nSPS) is 9.79. The molecule has 1 heterocycles. The summed E-state index contributed by atoms with van der Waals surface area (Å²) in [5, 5.41) is 12.0. The number of nitrogens with one attached hydrogen (secondary N) is 1. The van der Waals surface area contributed by atoms with Crippen LogP contribution in [0.5, 0.6) is 5.75 Å². The third-order valence-corrected chi connectivity index (χ3v) is 2.70. The molecule has 0 spiro atoms. The summed E-state index contributed by atoms with van der Waals surface area (Å²) in [7, 11) is 3.40. The second-order valence-electron chi connectivity index (χ2n) is 3.96. The SMILES string of the molecule is CNc1cc(-c2cc(C#N)ccc2OC)nc(C)n1. The molecule has 0 atom stereocenters. The number of nitrogens with zero attached hydrogens (tertiary/aromatic N) is 3. The van der Waals surface area contributed by atoms with Crippen molar-refractivity contribution in [2.24, 2.45) is 0 Å². The van der Waals surface area contributed by atoms with E-state index in [1.807, 2.05) is 13.0 Å². The second-order valence-corrected chi connectivity index (χ2v) is 3.96. The van der Waals surface area contributed by atoms with Crippen LogP contribution in [0.3, 0.4) is 0 Å². The minimum Gasteiger partial charge on any atom is -0.496 e. The van der Waals surface area contributed by atoms with Gasteiger partial charge in [0.15, 0.2) is 0 Å². The molecule has 96 valence electrons. The Hall–Kier alpha value is -2.61. The van der Waals surface area contributed by atoms with Crippen molar-refractivity contribution in [3.8, 4) is 23.1 Å². The highest BCUT2D eigenvalue weighted by Crippen LogP contribution is 2.30. The van der Waals surface area contributed by atoms with Crippen LogP contribution in [0, 0.1) is 18.3 Å². The lowest BCUT2D eigenvalue weighted by atomic mass is 10.1. The molecule has 0 radical (unpaired) electrons. The molecule has 0 aliphatic carbocycles. The smallest absolute Gasteiger partial charge is 0.130 e. The fourth-order valence-electron chi connectivity index (χ4n) is 1.81. The van der Waals surface area contributed by atoms with Gasteiger partial charge in [-0.1, -0.05) is 0 Å². The summed E-state index contributed by atoms with van der Waals surface area (Å²) in [4.78, 5) is 8.64. The van der Waals surface area contributed by atoms with E-state index in [0.29, 0.717) is 17.1 Å². The Labute approximate surface area is 111 Å². The maximum Gasteiger partial charge on any atom is 0.130 e. The Kier molecular flexibility index (Phi) is 3.62. The molecule has 0 saturated carbocycles. The third kappa shape index (κ3) is 2.63. The monoisotopic (exact) mass is 254 g/mol. The van der Waals surface area contributed by atoms with E-state index in [1.54, 1.807) is 32.4 Å². The van der Waals surface area contributed by atoms with E-state index < -0.39 is 0 Å². The van der Waals surface area contributed by atoms with Gasteiger partial charge in [0, 0.05) is 18.7 Å². The number of hydrogen-bond donors (Lipinski definition) is 1. The summed E-state index contributed by atoms with van der Waals surface area (Å²) in [6, 6.07) is 9.19. The Morgan fingerprint density at radius 1 is 1.26 bits per heavy atom. The summed E-state index contributed by atoms with van der Waals surface area (Å²) >= 11 is 0. The van der Waals surface area contributed by atoms with Gasteiger partial charge in [0.2, 0.25) is 0 Å². The summed E-state index contributed by atoms with van der Waals surface area (Å²) in [5.74, 6) is 2.07. The van der Waals surface area contributed by atoms with Crippen LogP contribution in [-0.4, -0.2) is 24.1 Å². The molecule has 5 heteroatoms. The predicted octanol–water partition coefficient (Wildman–Crippen LogP) is 2.37. The molecule has 1 aromatic carbocycles. The quantitative estimate of drug-likeness (QED) is 0.910. The second kappa shape index (κ2) is 5.36. The Morgan fingerprint density at radius 3 is 2.68 bits per heavy atom. The maximum atomic E-state index is 8.99. The van der Waals surface area contributed by atoms with Gasteiger partial charge in [0.1, 0.15) is 17.4 Å². The van der Waals surface area contributed by atoms with E-state index in [0.717, 1.165) is 17.1 Å². The number of ether oxygens (including phenoxy) is 1. The molecule has 0 aliphatic rings. The van der Waals surface area contributed by atoms with Crippen molar-refractivity contribution in [3.63, 3.8) is 0 Å². The first-order valence-corrected chi connectivity index (χ1v) is 5.80. The van der Waals surface area contributed by atoms with E-state index in [1.165, 1.54) is 0 Å². The van der Waals surface area contributed by atoms with Gasteiger partial charge in [-0.15, -0.1) is 0 Å². The number of aromatic nitrogens is 2. The van der Waals surface area contributed by atoms with E-state index >= 15 is 0 Å². The zero-order chi connectivity index (χ0) is 13.8. The Balaban J connectivity index is 2.63. The number of anilines is 1. The molecule has 0 aliphatic heterocycles. The molecule has 2 rings (SSSR count). The number of hydrogen-bond acceptors (Lipinski definition) is 5. The summed E-state index contributed by atoms with van der Waals surface area (Å²) in [6.07, 6.45) is 0. The molecule has 0 unspecified atom stereocenters. The first-order valence-electron chi connectivity index (χ1n) is 5.80. The Morgan fingerprint density at radius 2 is 2.05 bits per heavy atom. The van der Waals surface area contributed by atoms with Crippen LogP contribution in [0.25, 0.3) is 11.3 Å². The molecule has 0 amide bonds. The molecule has 19 heavy (non-hydrogen) atoms. The topological polar surface area (TPSA) is 70.8 Å². The average molecular weight is 254 g/mol. The van der Waals surface area contributed by atoms with Crippen molar-refractivity contribution in [3.05, 3.63) is 35.7 Å². The Bertz CT molecular complexity index is 646. The summed E-state index contributed by atoms with van der Waals surface area (Å²) in [6.45, 7) is 1.82. The number of aryl methyl sites for hydroxylation is 1.